The number of nitrogens with zero attached hydrogens (tertiary/aromatic N) is 1. The molecule has 0 radical (unpaired) electrons. The number of benzene rings is 2. The fourth-order valence-corrected chi connectivity index (χ4v) is 2.74. The Kier molecular flexibility index (Phi) is 2.21. The van der Waals surface area contributed by atoms with E-state index in [0.29, 0.717) is 0 Å². The van der Waals surface area contributed by atoms with Gasteiger partial charge in [-0.3, -0.25) is 4.99 Å². The number of fused-ring (bicyclic) bond motifs is 2. The van der Waals surface area contributed by atoms with Crippen LogP contribution in [0.5, 0.6) is 0 Å². The Morgan fingerprint density at radius 1 is 1.06 bits per heavy atom. The highest BCUT2D eigenvalue weighted by Gasteiger charge is 2.32. The Labute approximate surface area is 110 Å². The van der Waals surface area contributed by atoms with Gasteiger partial charge in [0.15, 0.2) is 0 Å². The Bertz CT molecular complexity index is 653. The van der Waals surface area contributed by atoms with Crippen LogP contribution in [0.2, 0.25) is 0 Å². The summed E-state index contributed by atoms with van der Waals surface area (Å²) in [5.41, 5.74) is 3.72. The topological polar surface area (TPSA) is 12.4 Å². The van der Waals surface area contributed by atoms with Crippen molar-refractivity contribution in [1.29, 1.82) is 0 Å². The average molecular weight is 288 g/mol. The van der Waals surface area contributed by atoms with Crippen LogP contribution in [0.3, 0.4) is 0 Å². The van der Waals surface area contributed by atoms with Crippen molar-refractivity contribution in [3.63, 3.8) is 0 Å². The highest BCUT2D eigenvalue weighted by molar-refractivity contribution is 9.10. The van der Waals surface area contributed by atoms with Gasteiger partial charge in [0.05, 0.1) is 5.69 Å². The molecule has 0 bridgehead atoms. The molecule has 0 aliphatic carbocycles. The van der Waals surface area contributed by atoms with Crippen LogP contribution in [-0.4, -0.2) is 5.71 Å². The van der Waals surface area contributed by atoms with Crippen molar-refractivity contribution in [1.82, 2.24) is 0 Å². The van der Waals surface area contributed by atoms with E-state index in [4.69, 9.17) is 0 Å². The van der Waals surface area contributed by atoms with Crippen LogP contribution in [-0.2, 0) is 5.41 Å². The Hall–Kier alpha value is -1.15. The molecule has 1 aliphatic rings. The summed E-state index contributed by atoms with van der Waals surface area (Å²) in [5, 5.41) is 2.53. The van der Waals surface area contributed by atoms with Crippen LogP contribution in [0, 0.1) is 0 Å². The molecule has 0 spiro atoms. The monoisotopic (exact) mass is 287 g/mol. The van der Waals surface area contributed by atoms with Crippen LogP contribution in [0.25, 0.3) is 10.8 Å². The van der Waals surface area contributed by atoms with Crippen LogP contribution < -0.4 is 0 Å². The largest absolute Gasteiger partial charge is 0.257 e. The third-order valence-electron chi connectivity index (χ3n) is 3.78. The molecule has 86 valence electrons. The fourth-order valence-electron chi connectivity index (χ4n) is 2.36. The molecule has 1 nitrogen and oxygen atoms in total. The Morgan fingerprint density at radius 2 is 1.82 bits per heavy atom. The summed E-state index contributed by atoms with van der Waals surface area (Å²) in [6.45, 7) is 6.59. The second kappa shape index (κ2) is 3.42. The Balaban J connectivity index is 2.34. The maximum atomic E-state index is 4.68. The van der Waals surface area contributed by atoms with Crippen molar-refractivity contribution in [3.8, 4) is 0 Å². The lowest BCUT2D eigenvalue weighted by molar-refractivity contribution is 0.734. The van der Waals surface area contributed by atoms with Gasteiger partial charge in [0.1, 0.15) is 0 Å². The molecule has 2 aromatic carbocycles. The molecule has 2 aromatic rings. The summed E-state index contributed by atoms with van der Waals surface area (Å²) < 4.78 is 1.12. The van der Waals surface area contributed by atoms with Gasteiger partial charge in [-0.05, 0) is 47.5 Å². The van der Waals surface area contributed by atoms with Gasteiger partial charge < -0.3 is 0 Å². The number of hydrogen-bond donors (Lipinski definition) is 0. The highest BCUT2D eigenvalue weighted by Crippen LogP contribution is 2.42. The van der Waals surface area contributed by atoms with Crippen molar-refractivity contribution in [3.05, 3.63) is 40.4 Å². The van der Waals surface area contributed by atoms with E-state index in [0.717, 1.165) is 10.2 Å². The van der Waals surface area contributed by atoms with Crippen LogP contribution in [0.15, 0.2) is 39.8 Å². The van der Waals surface area contributed by atoms with Gasteiger partial charge in [-0.2, -0.15) is 0 Å². The zero-order chi connectivity index (χ0) is 12.2. The van der Waals surface area contributed by atoms with Crippen molar-refractivity contribution >= 4 is 38.1 Å². The van der Waals surface area contributed by atoms with Gasteiger partial charge in [0.2, 0.25) is 0 Å². The second-order valence-corrected chi connectivity index (χ2v) is 6.10. The summed E-state index contributed by atoms with van der Waals surface area (Å²) >= 11 is 3.52. The van der Waals surface area contributed by atoms with E-state index < -0.39 is 0 Å². The molecule has 1 aliphatic heterocycles. The molecule has 0 unspecified atom stereocenters. The molecular weight excluding hydrogens is 274 g/mol. The third-order valence-corrected chi connectivity index (χ3v) is 4.28. The van der Waals surface area contributed by atoms with Crippen molar-refractivity contribution in [2.45, 2.75) is 26.2 Å². The molecule has 0 fully saturated rings. The first kappa shape index (κ1) is 11.0. The average Bonchev–Trinajstić information content (AvgIpc) is 2.48. The maximum absolute atomic E-state index is 4.68. The minimum atomic E-state index is 0.0614. The smallest absolute Gasteiger partial charge is 0.0676 e. The molecule has 0 aromatic heterocycles. The number of hydrogen-bond acceptors (Lipinski definition) is 1. The first-order valence-corrected chi connectivity index (χ1v) is 6.57. The third kappa shape index (κ3) is 1.54. The predicted octanol–water partition coefficient (Wildman–Crippen LogP) is 4.99. The molecule has 0 N–H and O–H groups in total. The molecule has 0 amide bonds. The van der Waals surface area contributed by atoms with Gasteiger partial charge in [-0.25, -0.2) is 0 Å². The van der Waals surface area contributed by atoms with E-state index in [1.165, 1.54) is 22.0 Å². The summed E-state index contributed by atoms with van der Waals surface area (Å²) in [6, 6.07) is 10.8. The van der Waals surface area contributed by atoms with Crippen molar-refractivity contribution in [2.75, 3.05) is 0 Å². The molecule has 2 heteroatoms. The molecule has 17 heavy (non-hydrogen) atoms. The van der Waals surface area contributed by atoms with Crippen LogP contribution in [0.1, 0.15) is 26.3 Å². The van der Waals surface area contributed by atoms with Gasteiger partial charge in [0.25, 0.3) is 0 Å². The summed E-state index contributed by atoms with van der Waals surface area (Å²) in [4.78, 5) is 4.68. The van der Waals surface area contributed by atoms with E-state index in [-0.39, 0.29) is 5.41 Å². The lowest BCUT2D eigenvalue weighted by atomic mass is 9.81. The van der Waals surface area contributed by atoms with E-state index in [9.17, 15) is 0 Å². The number of halogens is 1. The van der Waals surface area contributed by atoms with Gasteiger partial charge in [-0.1, -0.05) is 35.8 Å². The van der Waals surface area contributed by atoms with Crippen LogP contribution in [0.4, 0.5) is 5.69 Å². The van der Waals surface area contributed by atoms with Gasteiger partial charge in [-0.15, -0.1) is 0 Å². The zero-order valence-electron chi connectivity index (χ0n) is 10.2. The lowest BCUT2D eigenvalue weighted by Crippen LogP contribution is -2.22. The minimum Gasteiger partial charge on any atom is -0.257 e. The maximum Gasteiger partial charge on any atom is 0.0676 e. The van der Waals surface area contributed by atoms with Crippen molar-refractivity contribution in [2.24, 2.45) is 4.99 Å². The standard InChI is InChI=1S/C15H14BrN/c1-9-15(2,3)13-7-11-6-12(16)5-4-10(11)8-14(13)17-9/h4-8H,1-3H3. The van der Waals surface area contributed by atoms with Crippen molar-refractivity contribution < 1.29 is 0 Å². The summed E-state index contributed by atoms with van der Waals surface area (Å²) in [5.74, 6) is 0. The molecule has 0 saturated carbocycles. The molecule has 0 atom stereocenters. The highest BCUT2D eigenvalue weighted by atomic mass is 79.9. The van der Waals surface area contributed by atoms with E-state index in [1.54, 1.807) is 0 Å². The first-order chi connectivity index (χ1) is 7.98. The summed E-state index contributed by atoms with van der Waals surface area (Å²) in [7, 11) is 0. The molecular formula is C15H14BrN. The van der Waals surface area contributed by atoms with E-state index in [2.05, 4.69) is 72.0 Å². The van der Waals surface area contributed by atoms with E-state index >= 15 is 0 Å². The van der Waals surface area contributed by atoms with Gasteiger partial charge in [0, 0.05) is 15.6 Å². The van der Waals surface area contributed by atoms with Gasteiger partial charge >= 0.3 is 0 Å². The zero-order valence-corrected chi connectivity index (χ0v) is 11.8. The molecule has 3 rings (SSSR count). The Morgan fingerprint density at radius 3 is 2.59 bits per heavy atom. The molecule has 1 heterocycles. The lowest BCUT2D eigenvalue weighted by Gasteiger charge is -2.20. The normalized spacial score (nSPS) is 17.1. The second-order valence-electron chi connectivity index (χ2n) is 5.18. The predicted molar refractivity (Wildman–Crippen MR) is 77.4 cm³/mol. The fraction of sp³-hybridized carbons (Fsp3) is 0.267. The quantitative estimate of drug-likeness (QED) is 0.648. The minimum absolute atomic E-state index is 0.0614. The SMILES string of the molecule is CC1=Nc2cc3ccc(Br)cc3cc2C1(C)C. The number of rotatable bonds is 0. The summed E-state index contributed by atoms with van der Waals surface area (Å²) in [6.07, 6.45) is 0. The van der Waals surface area contributed by atoms with Crippen LogP contribution >= 0.6 is 15.9 Å². The number of aliphatic imine (C=N–C) groups is 1. The first-order valence-electron chi connectivity index (χ1n) is 5.78. The molecule has 0 saturated heterocycles. The van der Waals surface area contributed by atoms with E-state index in [1.807, 2.05) is 0 Å².